The van der Waals surface area contributed by atoms with Gasteiger partial charge in [0.05, 0.1) is 64.7 Å². The molecule has 31 atom stereocenters. The average molecular weight is 1810 g/mol. The minimum Gasteiger partial charge on any atom is -0.394 e. The van der Waals surface area contributed by atoms with Crippen LogP contribution < -0.4 is 0 Å². The first-order chi connectivity index (χ1) is 53.3. The number of hydrogen-bond donors (Lipinski definition) is 6. The zero-order chi connectivity index (χ0) is 86.0. The molecule has 37 nitrogen and oxygen atoms in total. The number of aliphatic hydroxyl groups is 6. The molecular formula is C85H162O37S. The van der Waals surface area contributed by atoms with E-state index in [1.165, 1.54) is 0 Å². The van der Waals surface area contributed by atoms with Crippen LogP contribution in [-0.2, 0) is 147 Å². The molecule has 5 unspecified atom stereocenters. The lowest BCUT2D eigenvalue weighted by Gasteiger charge is -2.33. The van der Waals surface area contributed by atoms with Gasteiger partial charge in [0.1, 0.15) is 115 Å². The number of carbonyl (C=O) groups is 1. The molecule has 0 spiro atoms. The number of fused-ring (bicyclic) bond motifs is 7. The first-order valence-corrected chi connectivity index (χ1v) is 42.4. The van der Waals surface area contributed by atoms with E-state index in [4.69, 9.17) is 137 Å². The van der Waals surface area contributed by atoms with E-state index in [0.717, 1.165) is 12.5 Å². The molecule has 0 aromatic rings. The van der Waals surface area contributed by atoms with Gasteiger partial charge in [-0.3, -0.25) is 4.18 Å². The number of rotatable bonds is 12. The van der Waals surface area contributed by atoms with Crippen molar-refractivity contribution in [2.75, 3.05) is 52.5 Å². The lowest BCUT2D eigenvalue weighted by Crippen LogP contribution is -2.45. The van der Waals surface area contributed by atoms with Crippen molar-refractivity contribution in [2.24, 2.45) is 29.6 Å². The molecule has 17 fully saturated rings. The second kappa shape index (κ2) is 41.4. The van der Waals surface area contributed by atoms with Crippen molar-refractivity contribution in [3.05, 3.63) is 0 Å². The highest BCUT2D eigenvalue weighted by molar-refractivity contribution is 7.86. The second-order valence-electron chi connectivity index (χ2n) is 37.4. The summed E-state index contributed by atoms with van der Waals surface area (Å²) in [5, 5.41) is 57.5. The number of carbonyl (C=O) groups excluding carboxylic acids is 1. The minimum absolute atomic E-state index is 0. The Balaban J connectivity index is 0.000000299. The third-order valence-electron chi connectivity index (χ3n) is 23.4. The SMILES string of the molecule is C.C.C.C.C.C.C.CC1(C)OCC([C@H]2O[C@@H]3OC(C)(C)O[C@@H]3[C@@H]2O)O1.CC1(C)OCC([C@H]2O[C@@H]3OC(C)(C)O[C@@H]3[C@H]2O)O1.CCC1(COS(C)(=O)=O)O[C@@H]2OC(C)(C)O[C@@H]2[C@@H]1C.C[C@H]1[C@H]2OC(C)(C)O[C@H]2OC1(CO)CO.C[C@H]1[C@H]2OC(C)(C)O[C@H]2O[C@@H]1C(O)CO.C[C@H]1[C@H]2OC(C)(C)O[C@H]2O[C@@H]1C1COC(C)(C)O1.C[C@H]1[C@H]2OC(C)(C)O[C@H]2O[C@@H]1C=O. The molecule has 17 aliphatic rings. The molecule has 38 heteroatoms. The molecule has 0 bridgehead atoms. The highest BCUT2D eigenvalue weighted by Crippen LogP contribution is 2.51. The summed E-state index contributed by atoms with van der Waals surface area (Å²) in [6.45, 7) is 49.3. The zero-order valence-corrected chi connectivity index (χ0v) is 73.1. The number of ether oxygens (including phenoxy) is 27. The van der Waals surface area contributed by atoms with Crippen LogP contribution in [-0.4, -0.2) is 321 Å². The van der Waals surface area contributed by atoms with Gasteiger partial charge in [-0.1, -0.05) is 93.5 Å². The monoisotopic (exact) mass is 1810 g/mol. The van der Waals surface area contributed by atoms with Crippen LogP contribution in [0.25, 0.3) is 0 Å². The molecule has 17 aliphatic heterocycles. The number of aldehydes is 1. The highest BCUT2D eigenvalue weighted by Gasteiger charge is 2.65. The largest absolute Gasteiger partial charge is 0.394 e. The Morgan fingerprint density at radius 2 is 0.650 bits per heavy atom. The third-order valence-corrected chi connectivity index (χ3v) is 24.0. The van der Waals surface area contributed by atoms with Gasteiger partial charge in [-0.05, 0) is 145 Å². The Kier molecular flexibility index (Phi) is 38.2. The Bertz CT molecular complexity index is 3240. The van der Waals surface area contributed by atoms with Gasteiger partial charge in [0.15, 0.2) is 102 Å². The van der Waals surface area contributed by atoms with Gasteiger partial charge in [0.2, 0.25) is 0 Å². The van der Waals surface area contributed by atoms with E-state index in [9.17, 15) is 38.7 Å². The summed E-state index contributed by atoms with van der Waals surface area (Å²) in [5.74, 6) is -6.08. The molecule has 0 amide bonds. The fraction of sp³-hybridized carbons (Fsp3) is 0.988. The van der Waals surface area contributed by atoms with Gasteiger partial charge in [-0.2, -0.15) is 8.42 Å². The number of aliphatic hydroxyl groups excluding tert-OH is 6. The van der Waals surface area contributed by atoms with Crippen LogP contribution in [0.5, 0.6) is 0 Å². The third kappa shape index (κ3) is 25.8. The van der Waals surface area contributed by atoms with Crippen LogP contribution in [0.4, 0.5) is 0 Å². The van der Waals surface area contributed by atoms with Crippen molar-refractivity contribution < 1.29 is 176 Å². The lowest BCUT2D eigenvalue weighted by molar-refractivity contribution is -0.244. The maximum absolute atomic E-state index is 11.2. The smallest absolute Gasteiger partial charge is 0.264 e. The van der Waals surface area contributed by atoms with Crippen LogP contribution in [0.3, 0.4) is 0 Å². The van der Waals surface area contributed by atoms with Gasteiger partial charge < -0.3 is 163 Å². The normalized spacial score (nSPS) is 43.8. The van der Waals surface area contributed by atoms with E-state index in [0.29, 0.717) is 26.2 Å². The minimum atomic E-state index is -3.49. The maximum atomic E-state index is 11.2. The predicted molar refractivity (Wildman–Crippen MR) is 443 cm³/mol. The van der Waals surface area contributed by atoms with Crippen molar-refractivity contribution in [3.63, 3.8) is 0 Å². The molecule has 17 saturated heterocycles. The van der Waals surface area contributed by atoms with Crippen molar-refractivity contribution in [2.45, 2.75) is 461 Å². The van der Waals surface area contributed by atoms with Crippen molar-refractivity contribution in [1.82, 2.24) is 0 Å². The fourth-order valence-electron chi connectivity index (χ4n) is 17.4. The Morgan fingerprint density at radius 1 is 0.358 bits per heavy atom. The van der Waals surface area contributed by atoms with Crippen molar-refractivity contribution in [1.29, 1.82) is 0 Å². The molecule has 6 N–H and O–H groups in total. The standard InChI is InChI=1S/C13H22O5.C12H22O6S.2C12H20O6.2C10H18O5.C9H14O4.7CH4/c1-7-9(8-6-14-12(2,3)16-8)15-11-10(7)17-13(4,5)18-11;1-6-12(7-15-19(5,13)14)8(2)9-10(18-12)17-11(3,4)16-9;2*1-11(2)14-5-6(16-11)8-7(13)9-10(15-8)18-12(3,4)17-9;1-6-7-8(14-9(2,3)13-7)15-10(6,4-11)5-12;1-5-7(6(12)4-11)13-9-8(5)14-10(2,3)15-9;1-5-6(4-10)11-8-7(5)12-9(2,3)13-8;;;;;;;/h7-11H,6H2,1-5H3;8-10H,6-7H2,1-5H3;2*6-10,13H,5H2,1-4H3;6-8,11-12H,4-5H2,1-3H3;5-9,11-12H,4H2,1-3H3;4-8H,1-3H3;7*1H4/t7-,8?,9+,10-,11-;8-,9+,10-,12?;6?,7-,8+,9+,10+;6?,7-,8-,9-,10-;6-,7+,8-;5-,6?,7+,8-,9-;5-,6-,7-,8-;;;;;;;/m1001011......./s1. The summed E-state index contributed by atoms with van der Waals surface area (Å²) < 4.78 is 180. The van der Waals surface area contributed by atoms with Crippen LogP contribution >= 0.6 is 0 Å². The quantitative estimate of drug-likeness (QED) is 0.0787. The average Bonchev–Trinajstić information content (AvgIpc) is 1.59. The summed E-state index contributed by atoms with van der Waals surface area (Å²) in [6, 6.07) is 0. The van der Waals surface area contributed by atoms with Crippen molar-refractivity contribution >= 4 is 16.4 Å². The van der Waals surface area contributed by atoms with Crippen LogP contribution in [0.1, 0.15) is 238 Å². The van der Waals surface area contributed by atoms with E-state index in [-0.39, 0.29) is 182 Å². The van der Waals surface area contributed by atoms with Crippen LogP contribution in [0, 0.1) is 29.6 Å². The van der Waals surface area contributed by atoms with Crippen molar-refractivity contribution in [3.8, 4) is 0 Å². The van der Waals surface area contributed by atoms with Gasteiger partial charge in [-0.15, -0.1) is 0 Å². The number of hydrogen-bond acceptors (Lipinski definition) is 37. The topological polar surface area (TPSA) is 431 Å². The molecule has 730 valence electrons. The highest BCUT2D eigenvalue weighted by atomic mass is 32.2. The molecule has 0 aromatic heterocycles. The summed E-state index contributed by atoms with van der Waals surface area (Å²) >= 11 is 0. The second-order valence-corrected chi connectivity index (χ2v) is 39.1. The molecule has 0 aliphatic carbocycles. The lowest BCUT2D eigenvalue weighted by atomic mass is 9.86. The predicted octanol–water partition coefficient (Wildman–Crippen LogP) is 8.51. The van der Waals surface area contributed by atoms with Gasteiger partial charge in [-0.25, -0.2) is 0 Å². The van der Waals surface area contributed by atoms with E-state index in [1.54, 1.807) is 27.7 Å². The maximum Gasteiger partial charge on any atom is 0.264 e. The van der Waals surface area contributed by atoms with E-state index < -0.39 is 159 Å². The Morgan fingerprint density at radius 3 is 0.943 bits per heavy atom. The van der Waals surface area contributed by atoms with E-state index in [2.05, 4.69) is 6.92 Å². The molecule has 0 aromatic carbocycles. The summed E-state index contributed by atoms with van der Waals surface area (Å²) in [4.78, 5) is 10.6. The molecule has 17 heterocycles. The summed E-state index contributed by atoms with van der Waals surface area (Å²) in [7, 11) is -3.49. The molecule has 0 saturated carbocycles. The molecule has 0 radical (unpaired) electrons. The molecule has 123 heavy (non-hydrogen) atoms. The summed E-state index contributed by atoms with van der Waals surface area (Å²) in [6.07, 6.45) is -7.08. The first-order valence-electron chi connectivity index (χ1n) is 40.6. The zero-order valence-electron chi connectivity index (χ0n) is 72.3. The van der Waals surface area contributed by atoms with Gasteiger partial charge in [0.25, 0.3) is 10.1 Å². The van der Waals surface area contributed by atoms with E-state index >= 15 is 0 Å². The molecule has 17 rings (SSSR count). The van der Waals surface area contributed by atoms with Gasteiger partial charge >= 0.3 is 0 Å². The summed E-state index contributed by atoms with van der Waals surface area (Å²) in [5.41, 5.74) is -1.62. The van der Waals surface area contributed by atoms with Crippen LogP contribution in [0.15, 0.2) is 0 Å². The van der Waals surface area contributed by atoms with Gasteiger partial charge in [0, 0.05) is 29.6 Å². The fourth-order valence-corrected chi connectivity index (χ4v) is 17.8. The van der Waals surface area contributed by atoms with Crippen LogP contribution in [0.2, 0.25) is 0 Å². The molecular weight excluding hydrogens is 1640 g/mol. The Labute approximate surface area is 732 Å². The Hall–Kier alpha value is -1.74. The van der Waals surface area contributed by atoms with E-state index in [1.807, 2.05) is 145 Å². The first kappa shape index (κ1) is 114.